The van der Waals surface area contributed by atoms with Gasteiger partial charge in [-0.3, -0.25) is 0 Å². The van der Waals surface area contributed by atoms with Crippen molar-refractivity contribution >= 4 is 38.5 Å². The van der Waals surface area contributed by atoms with E-state index in [1.54, 1.807) is 0 Å². The molecule has 1 aromatic heterocycles. The van der Waals surface area contributed by atoms with Crippen molar-refractivity contribution in [1.29, 1.82) is 0 Å². The lowest BCUT2D eigenvalue weighted by molar-refractivity contribution is 0.579. The van der Waals surface area contributed by atoms with E-state index in [0.717, 1.165) is 32.6 Å². The average molecular weight is 274 g/mol. The molecule has 2 aromatic rings. The maximum absolute atomic E-state index is 6.01. The molecule has 0 atom stereocenters. The Kier molecular flexibility index (Phi) is 2.58. The van der Waals surface area contributed by atoms with Gasteiger partial charge in [0.05, 0.1) is 0 Å². The lowest BCUT2D eigenvalue weighted by Crippen LogP contribution is -1.79. The monoisotopic (exact) mass is 272 g/mol. The third-order valence-corrected chi connectivity index (χ3v) is 3.21. The Hall–Kier alpha value is -0.470. The zero-order valence-corrected chi connectivity index (χ0v) is 10.4. The Bertz CT molecular complexity index is 487. The first-order valence-corrected chi connectivity index (χ1v) is 5.67. The van der Waals surface area contributed by atoms with Crippen molar-refractivity contribution in [3.63, 3.8) is 0 Å². The third kappa shape index (κ3) is 1.47. The summed E-state index contributed by atoms with van der Waals surface area (Å²) in [6.07, 6.45) is 0.938. The fourth-order valence-electron chi connectivity index (χ4n) is 1.68. The molecule has 0 aliphatic heterocycles. The highest BCUT2D eigenvalue weighted by atomic mass is 79.9. The molecule has 3 heteroatoms. The van der Waals surface area contributed by atoms with Crippen molar-refractivity contribution < 1.29 is 4.42 Å². The molecule has 0 bridgehead atoms. The highest BCUT2D eigenvalue weighted by Gasteiger charge is 2.12. The molecule has 74 valence electrons. The number of hydrogen-bond acceptors (Lipinski definition) is 1. The van der Waals surface area contributed by atoms with Crippen molar-refractivity contribution in [2.24, 2.45) is 0 Å². The van der Waals surface area contributed by atoms with Crippen LogP contribution in [-0.2, 0) is 6.42 Å². The normalized spacial score (nSPS) is 11.1. The van der Waals surface area contributed by atoms with E-state index in [2.05, 4.69) is 22.9 Å². The number of benzene rings is 1. The molecule has 0 radical (unpaired) electrons. The number of fused-ring (bicyclic) bond motifs is 1. The van der Waals surface area contributed by atoms with Crippen LogP contribution in [0.2, 0.25) is 5.02 Å². The summed E-state index contributed by atoms with van der Waals surface area (Å²) in [7, 11) is 0. The molecule has 1 heterocycles. The molecule has 1 aromatic carbocycles. The minimum absolute atomic E-state index is 0.762. The molecule has 0 aliphatic carbocycles. The molecule has 0 N–H and O–H groups in total. The maximum atomic E-state index is 6.01. The summed E-state index contributed by atoms with van der Waals surface area (Å²) in [6, 6.07) is 3.87. The zero-order chi connectivity index (χ0) is 10.3. The van der Waals surface area contributed by atoms with Crippen LogP contribution in [0.4, 0.5) is 0 Å². The molecule has 0 spiro atoms. The van der Waals surface area contributed by atoms with E-state index in [1.807, 2.05) is 19.1 Å². The Morgan fingerprint density at radius 1 is 1.43 bits per heavy atom. The largest absolute Gasteiger partial charge is 0.449 e. The lowest BCUT2D eigenvalue weighted by Gasteiger charge is -1.97. The average Bonchev–Trinajstić information content (AvgIpc) is 2.41. The van der Waals surface area contributed by atoms with Crippen molar-refractivity contribution in [3.8, 4) is 0 Å². The Morgan fingerprint density at radius 3 is 2.79 bits per heavy atom. The lowest BCUT2D eigenvalue weighted by atomic mass is 10.1. The molecular weight excluding hydrogens is 263 g/mol. The molecule has 0 saturated heterocycles. The fourth-order valence-corrected chi connectivity index (χ4v) is 2.60. The summed E-state index contributed by atoms with van der Waals surface area (Å²) in [5.74, 6) is 0. The van der Waals surface area contributed by atoms with E-state index >= 15 is 0 Å². The smallest absolute Gasteiger partial charge is 0.173 e. The van der Waals surface area contributed by atoms with Gasteiger partial charge in [-0.1, -0.05) is 18.5 Å². The molecule has 2 rings (SSSR count). The third-order valence-electron chi connectivity index (χ3n) is 2.35. The Labute approximate surface area is 96.2 Å². The van der Waals surface area contributed by atoms with Crippen LogP contribution in [0.5, 0.6) is 0 Å². The summed E-state index contributed by atoms with van der Waals surface area (Å²) in [6.45, 7) is 4.11. The molecule has 0 unspecified atom stereocenters. The first-order chi connectivity index (χ1) is 6.63. The number of aryl methyl sites for hydroxylation is 2. The van der Waals surface area contributed by atoms with Crippen molar-refractivity contribution in [1.82, 2.24) is 0 Å². The highest BCUT2D eigenvalue weighted by Crippen LogP contribution is 2.34. The van der Waals surface area contributed by atoms with Gasteiger partial charge in [-0.2, -0.15) is 0 Å². The minimum Gasteiger partial charge on any atom is -0.449 e. The fraction of sp³-hybridized carbons (Fsp3) is 0.273. The van der Waals surface area contributed by atoms with Gasteiger partial charge in [0.25, 0.3) is 0 Å². The molecule has 0 amide bonds. The number of halogens is 2. The zero-order valence-electron chi connectivity index (χ0n) is 8.03. The van der Waals surface area contributed by atoms with E-state index in [4.69, 9.17) is 16.0 Å². The molecule has 0 aliphatic rings. The molecular formula is C11H10BrClO. The van der Waals surface area contributed by atoms with Crippen LogP contribution in [0.3, 0.4) is 0 Å². The molecule has 0 fully saturated rings. The first kappa shape index (κ1) is 10.1. The van der Waals surface area contributed by atoms with Crippen molar-refractivity contribution in [3.05, 3.63) is 33.0 Å². The summed E-state index contributed by atoms with van der Waals surface area (Å²) in [4.78, 5) is 0. The van der Waals surface area contributed by atoms with Crippen LogP contribution in [0, 0.1) is 6.92 Å². The summed E-state index contributed by atoms with van der Waals surface area (Å²) in [5.41, 5.74) is 3.19. The van der Waals surface area contributed by atoms with Crippen LogP contribution in [0.1, 0.15) is 18.1 Å². The van der Waals surface area contributed by atoms with Gasteiger partial charge in [0, 0.05) is 16.0 Å². The quantitative estimate of drug-likeness (QED) is 0.733. The van der Waals surface area contributed by atoms with Gasteiger partial charge in [0.1, 0.15) is 5.58 Å². The van der Waals surface area contributed by atoms with Gasteiger partial charge in [0.15, 0.2) is 4.67 Å². The minimum atomic E-state index is 0.762. The van der Waals surface area contributed by atoms with Crippen LogP contribution in [-0.4, -0.2) is 0 Å². The summed E-state index contributed by atoms with van der Waals surface area (Å²) >= 11 is 9.42. The van der Waals surface area contributed by atoms with Gasteiger partial charge in [-0.15, -0.1) is 0 Å². The SMILES string of the molecule is CCc1c(Br)oc2c(C)cc(Cl)cc12. The van der Waals surface area contributed by atoms with Crippen LogP contribution in [0.25, 0.3) is 11.0 Å². The number of rotatable bonds is 1. The van der Waals surface area contributed by atoms with Crippen LogP contribution in [0.15, 0.2) is 21.2 Å². The van der Waals surface area contributed by atoms with Gasteiger partial charge < -0.3 is 4.42 Å². The first-order valence-electron chi connectivity index (χ1n) is 4.50. The standard InChI is InChI=1S/C11H10BrClO/c1-3-8-9-5-7(13)4-6(2)10(9)14-11(8)12/h4-5H,3H2,1-2H3. The van der Waals surface area contributed by atoms with Crippen LogP contribution >= 0.6 is 27.5 Å². The van der Waals surface area contributed by atoms with E-state index in [9.17, 15) is 0 Å². The predicted octanol–water partition coefficient (Wildman–Crippen LogP) is 4.72. The van der Waals surface area contributed by atoms with Gasteiger partial charge >= 0.3 is 0 Å². The maximum Gasteiger partial charge on any atom is 0.173 e. The van der Waals surface area contributed by atoms with E-state index in [-0.39, 0.29) is 0 Å². The summed E-state index contributed by atoms with van der Waals surface area (Å²) < 4.78 is 6.45. The van der Waals surface area contributed by atoms with Crippen LogP contribution < -0.4 is 0 Å². The predicted molar refractivity (Wildman–Crippen MR) is 63.0 cm³/mol. The van der Waals surface area contributed by atoms with Gasteiger partial charge in [-0.25, -0.2) is 0 Å². The number of furan rings is 1. The van der Waals surface area contributed by atoms with Gasteiger partial charge in [-0.05, 0) is 47.0 Å². The summed E-state index contributed by atoms with van der Waals surface area (Å²) in [5, 5.41) is 1.88. The van der Waals surface area contributed by atoms with Crippen molar-refractivity contribution in [2.45, 2.75) is 20.3 Å². The topological polar surface area (TPSA) is 13.1 Å². The molecule has 1 nitrogen and oxygen atoms in total. The van der Waals surface area contributed by atoms with E-state index in [0.29, 0.717) is 0 Å². The Morgan fingerprint density at radius 2 is 2.14 bits per heavy atom. The number of hydrogen-bond donors (Lipinski definition) is 0. The van der Waals surface area contributed by atoms with E-state index in [1.165, 1.54) is 5.56 Å². The highest BCUT2D eigenvalue weighted by molar-refractivity contribution is 9.10. The van der Waals surface area contributed by atoms with Crippen molar-refractivity contribution in [2.75, 3.05) is 0 Å². The second kappa shape index (κ2) is 3.59. The Balaban J connectivity index is 2.87. The van der Waals surface area contributed by atoms with E-state index < -0.39 is 0 Å². The molecule has 14 heavy (non-hydrogen) atoms. The molecule has 0 saturated carbocycles. The van der Waals surface area contributed by atoms with Gasteiger partial charge in [0.2, 0.25) is 0 Å². The second-order valence-electron chi connectivity index (χ2n) is 3.31. The second-order valence-corrected chi connectivity index (χ2v) is 4.46.